The van der Waals surface area contributed by atoms with E-state index in [-0.39, 0.29) is 29.2 Å². The molecule has 3 atom stereocenters. The summed E-state index contributed by atoms with van der Waals surface area (Å²) in [4.78, 5) is 23.7. The number of esters is 1. The van der Waals surface area contributed by atoms with Gasteiger partial charge in [0.2, 0.25) is 0 Å². The van der Waals surface area contributed by atoms with Crippen LogP contribution in [0.15, 0.2) is 23.1 Å². The standard InChI is InChI=1S/C18H23F2NO3S/c1-11-4-3-5-15(12(11)2)21-17(22)9-24-18(23)10-25-16-8-13(19)6-7-14(16)20/h6-8,11-12,15H,3-5,9-10H2,1-2H3,(H,21,22)/t11-,12+,15-/m0/s1. The number of amides is 1. The molecule has 2 rings (SSSR count). The monoisotopic (exact) mass is 371 g/mol. The molecule has 1 aromatic carbocycles. The minimum Gasteiger partial charge on any atom is -0.455 e. The van der Waals surface area contributed by atoms with Gasteiger partial charge in [-0.2, -0.15) is 0 Å². The Morgan fingerprint density at radius 2 is 2.04 bits per heavy atom. The molecule has 0 saturated heterocycles. The van der Waals surface area contributed by atoms with Crippen molar-refractivity contribution in [1.82, 2.24) is 5.32 Å². The second-order valence-corrected chi connectivity index (χ2v) is 7.48. The van der Waals surface area contributed by atoms with Crippen LogP contribution in [0.3, 0.4) is 0 Å². The Labute approximate surface area is 150 Å². The van der Waals surface area contributed by atoms with Gasteiger partial charge >= 0.3 is 5.97 Å². The number of ether oxygens (including phenoxy) is 1. The number of nitrogens with one attached hydrogen (secondary N) is 1. The van der Waals surface area contributed by atoms with Crippen molar-refractivity contribution in [1.29, 1.82) is 0 Å². The number of hydrogen-bond donors (Lipinski definition) is 1. The normalized spacial score (nSPS) is 23.1. The van der Waals surface area contributed by atoms with Crippen molar-refractivity contribution < 1.29 is 23.1 Å². The zero-order valence-electron chi connectivity index (χ0n) is 14.4. The summed E-state index contributed by atoms with van der Waals surface area (Å²) in [7, 11) is 0. The molecule has 4 nitrogen and oxygen atoms in total. The summed E-state index contributed by atoms with van der Waals surface area (Å²) in [5, 5.41) is 2.91. The molecule has 1 aliphatic carbocycles. The third-order valence-corrected chi connectivity index (χ3v) is 5.66. The maximum atomic E-state index is 13.5. The molecule has 1 fully saturated rings. The summed E-state index contributed by atoms with van der Waals surface area (Å²) >= 11 is 0.836. The van der Waals surface area contributed by atoms with Crippen molar-refractivity contribution >= 4 is 23.6 Å². The van der Waals surface area contributed by atoms with Gasteiger partial charge in [-0.3, -0.25) is 9.59 Å². The van der Waals surface area contributed by atoms with Crippen LogP contribution in [0.1, 0.15) is 33.1 Å². The second kappa shape index (κ2) is 9.17. The van der Waals surface area contributed by atoms with Crippen LogP contribution in [0.2, 0.25) is 0 Å². The van der Waals surface area contributed by atoms with Gasteiger partial charge in [0.25, 0.3) is 5.91 Å². The van der Waals surface area contributed by atoms with Crippen LogP contribution in [-0.4, -0.2) is 30.3 Å². The average Bonchev–Trinajstić information content (AvgIpc) is 2.58. The molecule has 0 unspecified atom stereocenters. The SMILES string of the molecule is C[C@H]1[C@@H](NC(=O)COC(=O)CSc2cc(F)ccc2F)CCC[C@@H]1C. The lowest BCUT2D eigenvalue weighted by Crippen LogP contribution is -2.45. The fourth-order valence-electron chi connectivity index (χ4n) is 2.95. The molecule has 1 amide bonds. The number of hydrogen-bond acceptors (Lipinski definition) is 4. The molecular weight excluding hydrogens is 348 g/mol. The van der Waals surface area contributed by atoms with Gasteiger partial charge in [0.1, 0.15) is 11.6 Å². The molecule has 0 bridgehead atoms. The first kappa shape index (κ1) is 19.7. The van der Waals surface area contributed by atoms with E-state index in [0.29, 0.717) is 11.8 Å². The summed E-state index contributed by atoms with van der Waals surface area (Å²) < 4.78 is 31.4. The van der Waals surface area contributed by atoms with Crippen LogP contribution in [-0.2, 0) is 14.3 Å². The van der Waals surface area contributed by atoms with Gasteiger partial charge in [-0.15, -0.1) is 11.8 Å². The molecule has 25 heavy (non-hydrogen) atoms. The van der Waals surface area contributed by atoms with E-state index in [9.17, 15) is 18.4 Å². The molecule has 1 aromatic rings. The Kier molecular flexibility index (Phi) is 7.23. The summed E-state index contributed by atoms with van der Waals surface area (Å²) in [5.74, 6) is -1.40. The summed E-state index contributed by atoms with van der Waals surface area (Å²) in [6.07, 6.45) is 3.17. The summed E-state index contributed by atoms with van der Waals surface area (Å²) in [6, 6.07) is 3.13. The van der Waals surface area contributed by atoms with E-state index >= 15 is 0 Å². The van der Waals surface area contributed by atoms with E-state index in [1.807, 2.05) is 0 Å². The van der Waals surface area contributed by atoms with Crippen LogP contribution in [0.25, 0.3) is 0 Å². The van der Waals surface area contributed by atoms with Gasteiger partial charge in [-0.1, -0.05) is 26.7 Å². The van der Waals surface area contributed by atoms with E-state index in [0.717, 1.165) is 49.2 Å². The lowest BCUT2D eigenvalue weighted by molar-refractivity contribution is -0.146. The third kappa shape index (κ3) is 5.99. The highest BCUT2D eigenvalue weighted by atomic mass is 32.2. The van der Waals surface area contributed by atoms with E-state index in [2.05, 4.69) is 19.2 Å². The predicted molar refractivity (Wildman–Crippen MR) is 92.2 cm³/mol. The number of thioether (sulfide) groups is 1. The van der Waals surface area contributed by atoms with E-state index in [1.165, 1.54) is 0 Å². The zero-order chi connectivity index (χ0) is 18.4. The Balaban J connectivity index is 1.72. The van der Waals surface area contributed by atoms with Crippen LogP contribution in [0.4, 0.5) is 8.78 Å². The second-order valence-electron chi connectivity index (χ2n) is 6.47. The van der Waals surface area contributed by atoms with Crippen LogP contribution >= 0.6 is 11.8 Å². The minimum absolute atomic E-state index is 0.0337. The van der Waals surface area contributed by atoms with E-state index in [1.54, 1.807) is 0 Å². The lowest BCUT2D eigenvalue weighted by Gasteiger charge is -2.34. The highest BCUT2D eigenvalue weighted by molar-refractivity contribution is 8.00. The Hall–Kier alpha value is -1.63. The lowest BCUT2D eigenvalue weighted by atomic mass is 9.78. The van der Waals surface area contributed by atoms with Crippen molar-refractivity contribution in [2.75, 3.05) is 12.4 Å². The van der Waals surface area contributed by atoms with Crippen LogP contribution < -0.4 is 5.32 Å². The quantitative estimate of drug-likeness (QED) is 0.614. The van der Waals surface area contributed by atoms with Gasteiger partial charge in [-0.05, 0) is 36.5 Å². The first-order valence-electron chi connectivity index (χ1n) is 8.39. The molecule has 0 spiro atoms. The highest BCUT2D eigenvalue weighted by Crippen LogP contribution is 2.29. The number of halogens is 2. The first-order chi connectivity index (χ1) is 11.9. The van der Waals surface area contributed by atoms with E-state index < -0.39 is 17.6 Å². The maximum Gasteiger partial charge on any atom is 0.316 e. The molecule has 1 saturated carbocycles. The van der Waals surface area contributed by atoms with Crippen molar-refractivity contribution in [3.63, 3.8) is 0 Å². The maximum absolute atomic E-state index is 13.5. The van der Waals surface area contributed by atoms with Crippen LogP contribution in [0.5, 0.6) is 0 Å². The summed E-state index contributed by atoms with van der Waals surface area (Å²) in [5.41, 5.74) is 0. The van der Waals surface area contributed by atoms with Crippen molar-refractivity contribution in [2.45, 2.75) is 44.0 Å². The Morgan fingerprint density at radius 3 is 2.80 bits per heavy atom. The van der Waals surface area contributed by atoms with Crippen molar-refractivity contribution in [2.24, 2.45) is 11.8 Å². The number of rotatable bonds is 6. The van der Waals surface area contributed by atoms with Crippen molar-refractivity contribution in [3.05, 3.63) is 29.8 Å². The molecule has 0 aromatic heterocycles. The average molecular weight is 371 g/mol. The fraction of sp³-hybridized carbons (Fsp3) is 0.556. The topological polar surface area (TPSA) is 55.4 Å². The van der Waals surface area contributed by atoms with Gasteiger partial charge in [0, 0.05) is 10.9 Å². The minimum atomic E-state index is -0.645. The molecule has 0 radical (unpaired) electrons. The molecule has 0 heterocycles. The Morgan fingerprint density at radius 1 is 1.28 bits per heavy atom. The molecule has 138 valence electrons. The molecule has 0 aliphatic heterocycles. The van der Waals surface area contributed by atoms with Crippen LogP contribution in [0, 0.1) is 23.5 Å². The fourth-order valence-corrected chi connectivity index (χ4v) is 3.70. The largest absolute Gasteiger partial charge is 0.455 e. The number of carbonyl (C=O) groups excluding carboxylic acids is 2. The molecule has 7 heteroatoms. The zero-order valence-corrected chi connectivity index (χ0v) is 15.2. The van der Waals surface area contributed by atoms with Gasteiger partial charge in [-0.25, -0.2) is 8.78 Å². The number of benzene rings is 1. The van der Waals surface area contributed by atoms with Gasteiger partial charge in [0.05, 0.1) is 5.75 Å². The van der Waals surface area contributed by atoms with E-state index in [4.69, 9.17) is 4.74 Å². The molecule has 1 aliphatic rings. The third-order valence-electron chi connectivity index (χ3n) is 4.66. The molecule has 1 N–H and O–H groups in total. The van der Waals surface area contributed by atoms with Gasteiger partial charge in [0.15, 0.2) is 6.61 Å². The molecular formula is C18H23F2NO3S. The van der Waals surface area contributed by atoms with Gasteiger partial charge < -0.3 is 10.1 Å². The highest BCUT2D eigenvalue weighted by Gasteiger charge is 2.28. The number of carbonyl (C=O) groups is 2. The summed E-state index contributed by atoms with van der Waals surface area (Å²) in [6.45, 7) is 3.93. The first-order valence-corrected chi connectivity index (χ1v) is 9.38. The smallest absolute Gasteiger partial charge is 0.316 e. The Bertz CT molecular complexity index is 626. The van der Waals surface area contributed by atoms with Crippen molar-refractivity contribution in [3.8, 4) is 0 Å². The predicted octanol–water partition coefficient (Wildman–Crippen LogP) is 3.54.